The predicted octanol–water partition coefficient (Wildman–Crippen LogP) is 3.44. The van der Waals surface area contributed by atoms with Crippen LogP contribution in [0.4, 0.5) is 5.69 Å². The highest BCUT2D eigenvalue weighted by atomic mass is 16.5. The number of hydrogen-bond donors (Lipinski definition) is 1. The monoisotopic (exact) mass is 353 g/mol. The lowest BCUT2D eigenvalue weighted by molar-refractivity contribution is 0.101. The third kappa shape index (κ3) is 2.69. The molecule has 0 amide bonds. The molecule has 0 aliphatic heterocycles. The Balaban J connectivity index is 2.50. The average Bonchev–Trinajstić information content (AvgIpc) is 2.61. The number of Topliss-reactive ketones (excluding diaryl/α,β-unsaturated/α-hetero) is 1. The van der Waals surface area contributed by atoms with Crippen molar-refractivity contribution in [2.75, 3.05) is 26.1 Å². The molecule has 0 aliphatic rings. The molecule has 0 bridgehead atoms. The highest BCUT2D eigenvalue weighted by molar-refractivity contribution is 6.04. The summed E-state index contributed by atoms with van der Waals surface area (Å²) >= 11 is 0. The van der Waals surface area contributed by atoms with Crippen LogP contribution in [0.3, 0.4) is 0 Å². The minimum Gasteiger partial charge on any atom is -0.504 e. The van der Waals surface area contributed by atoms with Gasteiger partial charge < -0.3 is 19.2 Å². The predicted molar refractivity (Wildman–Crippen MR) is 100 cm³/mol. The molecule has 0 spiro atoms. The quantitative estimate of drug-likeness (QED) is 0.724. The van der Waals surface area contributed by atoms with Gasteiger partial charge in [-0.15, -0.1) is 0 Å². The number of fused-ring (bicyclic) bond motifs is 1. The Bertz CT molecular complexity index is 1050. The Morgan fingerprint density at radius 2 is 1.85 bits per heavy atom. The van der Waals surface area contributed by atoms with Gasteiger partial charge in [0.05, 0.1) is 12.8 Å². The molecule has 3 aromatic rings. The van der Waals surface area contributed by atoms with E-state index in [1.54, 1.807) is 49.3 Å². The standard InChI is InChI=1S/C20H19NO5/c1-11(22)15-17(23)16-14(26-19(15)12-8-6-5-7-9-12)10-13(21(2)3)20(25-4)18(16)24/h5-10,24H,1-4H3. The van der Waals surface area contributed by atoms with Crippen LogP contribution in [-0.4, -0.2) is 32.1 Å². The molecule has 26 heavy (non-hydrogen) atoms. The number of benzene rings is 2. The number of carbonyl (C=O) groups excluding carboxylic acids is 1. The first-order chi connectivity index (χ1) is 12.4. The number of anilines is 1. The van der Waals surface area contributed by atoms with Crippen molar-refractivity contribution < 1.29 is 19.1 Å². The number of ether oxygens (including phenoxy) is 1. The molecule has 0 saturated carbocycles. The van der Waals surface area contributed by atoms with Crippen molar-refractivity contribution in [3.8, 4) is 22.8 Å². The summed E-state index contributed by atoms with van der Waals surface area (Å²) in [6.07, 6.45) is 0. The Kier molecular flexibility index (Phi) is 4.42. The summed E-state index contributed by atoms with van der Waals surface area (Å²) in [4.78, 5) is 26.9. The van der Waals surface area contributed by atoms with Crippen LogP contribution in [0.15, 0.2) is 45.6 Å². The Hall–Kier alpha value is -3.28. The van der Waals surface area contributed by atoms with Gasteiger partial charge in [-0.05, 0) is 6.92 Å². The van der Waals surface area contributed by atoms with Gasteiger partial charge in [-0.3, -0.25) is 9.59 Å². The van der Waals surface area contributed by atoms with E-state index >= 15 is 0 Å². The molecule has 134 valence electrons. The van der Waals surface area contributed by atoms with Crippen LogP contribution < -0.4 is 15.1 Å². The molecule has 0 aliphatic carbocycles. The van der Waals surface area contributed by atoms with Gasteiger partial charge in [0.2, 0.25) is 5.43 Å². The number of ketones is 1. The molecule has 1 heterocycles. The highest BCUT2D eigenvalue weighted by Crippen LogP contribution is 2.42. The SMILES string of the molecule is COc1c(N(C)C)cc2oc(-c3ccccc3)c(C(C)=O)c(=O)c2c1O. The van der Waals surface area contributed by atoms with Crippen molar-refractivity contribution >= 4 is 22.4 Å². The normalized spacial score (nSPS) is 10.8. The second-order valence-electron chi connectivity index (χ2n) is 6.10. The number of phenols is 1. The Labute approximate surface area is 150 Å². The summed E-state index contributed by atoms with van der Waals surface area (Å²) in [5.41, 5.74) is 0.659. The summed E-state index contributed by atoms with van der Waals surface area (Å²) in [5, 5.41) is 10.5. The van der Waals surface area contributed by atoms with Gasteiger partial charge in [0.15, 0.2) is 17.3 Å². The van der Waals surface area contributed by atoms with Gasteiger partial charge in [0, 0.05) is 25.7 Å². The van der Waals surface area contributed by atoms with E-state index in [4.69, 9.17) is 9.15 Å². The zero-order valence-corrected chi connectivity index (χ0v) is 15.0. The molecule has 0 saturated heterocycles. The summed E-state index contributed by atoms with van der Waals surface area (Å²) in [7, 11) is 4.96. The van der Waals surface area contributed by atoms with E-state index in [9.17, 15) is 14.7 Å². The largest absolute Gasteiger partial charge is 0.504 e. The Morgan fingerprint density at radius 1 is 1.19 bits per heavy atom. The van der Waals surface area contributed by atoms with Crippen LogP contribution in [0.25, 0.3) is 22.3 Å². The summed E-state index contributed by atoms with van der Waals surface area (Å²) in [6.45, 7) is 1.30. The molecular weight excluding hydrogens is 334 g/mol. The van der Waals surface area contributed by atoms with E-state index in [0.29, 0.717) is 11.3 Å². The van der Waals surface area contributed by atoms with Crippen molar-refractivity contribution in [1.82, 2.24) is 0 Å². The molecule has 0 unspecified atom stereocenters. The van der Waals surface area contributed by atoms with Crippen LogP contribution in [0.5, 0.6) is 11.5 Å². The third-order valence-electron chi connectivity index (χ3n) is 4.17. The minimum absolute atomic E-state index is 0.0719. The first-order valence-corrected chi connectivity index (χ1v) is 8.01. The minimum atomic E-state index is -0.585. The first-order valence-electron chi connectivity index (χ1n) is 8.01. The molecule has 0 radical (unpaired) electrons. The van der Waals surface area contributed by atoms with Crippen molar-refractivity contribution in [1.29, 1.82) is 0 Å². The molecule has 0 fully saturated rings. The van der Waals surface area contributed by atoms with Gasteiger partial charge in [-0.2, -0.15) is 0 Å². The maximum Gasteiger partial charge on any atom is 0.208 e. The molecule has 3 rings (SSSR count). The fraction of sp³-hybridized carbons (Fsp3) is 0.200. The lowest BCUT2D eigenvalue weighted by Crippen LogP contribution is -2.16. The number of nitrogens with zero attached hydrogens (tertiary/aromatic N) is 1. The molecule has 1 N–H and O–H groups in total. The van der Waals surface area contributed by atoms with Crippen LogP contribution in [0.1, 0.15) is 17.3 Å². The van der Waals surface area contributed by atoms with Crippen LogP contribution >= 0.6 is 0 Å². The van der Waals surface area contributed by atoms with Crippen LogP contribution in [0.2, 0.25) is 0 Å². The van der Waals surface area contributed by atoms with Gasteiger partial charge in [-0.25, -0.2) is 0 Å². The lowest BCUT2D eigenvalue weighted by atomic mass is 10.0. The van der Waals surface area contributed by atoms with E-state index in [0.717, 1.165) is 0 Å². The van der Waals surface area contributed by atoms with Crippen molar-refractivity contribution in [3.05, 3.63) is 52.2 Å². The summed E-state index contributed by atoms with van der Waals surface area (Å²) < 4.78 is 11.2. The second kappa shape index (κ2) is 6.55. The molecule has 1 aromatic heterocycles. The number of aromatic hydroxyl groups is 1. The maximum absolute atomic E-state index is 13.0. The van der Waals surface area contributed by atoms with Crippen molar-refractivity contribution in [2.24, 2.45) is 0 Å². The summed E-state index contributed by atoms with van der Waals surface area (Å²) in [5.74, 6) is -0.444. The van der Waals surface area contributed by atoms with E-state index < -0.39 is 11.2 Å². The average molecular weight is 353 g/mol. The van der Waals surface area contributed by atoms with Crippen LogP contribution in [-0.2, 0) is 0 Å². The smallest absolute Gasteiger partial charge is 0.208 e. The number of phenolic OH excluding ortho intramolecular Hbond substituents is 1. The molecule has 0 atom stereocenters. The first kappa shape index (κ1) is 17.5. The fourth-order valence-electron chi connectivity index (χ4n) is 2.95. The van der Waals surface area contributed by atoms with Gasteiger partial charge in [0.25, 0.3) is 0 Å². The van der Waals surface area contributed by atoms with E-state index in [1.165, 1.54) is 14.0 Å². The highest BCUT2D eigenvalue weighted by Gasteiger charge is 2.25. The van der Waals surface area contributed by atoms with E-state index in [-0.39, 0.29) is 33.8 Å². The fourth-order valence-corrected chi connectivity index (χ4v) is 2.95. The lowest BCUT2D eigenvalue weighted by Gasteiger charge is -2.19. The maximum atomic E-state index is 13.0. The van der Waals surface area contributed by atoms with Crippen molar-refractivity contribution in [2.45, 2.75) is 6.92 Å². The van der Waals surface area contributed by atoms with Gasteiger partial charge in [0.1, 0.15) is 22.3 Å². The van der Waals surface area contributed by atoms with E-state index in [2.05, 4.69) is 0 Å². The number of hydrogen-bond acceptors (Lipinski definition) is 6. The molecule has 2 aromatic carbocycles. The van der Waals surface area contributed by atoms with Crippen LogP contribution in [0, 0.1) is 0 Å². The molecule has 6 nitrogen and oxygen atoms in total. The Morgan fingerprint density at radius 3 is 2.38 bits per heavy atom. The third-order valence-corrected chi connectivity index (χ3v) is 4.17. The van der Waals surface area contributed by atoms with Crippen molar-refractivity contribution in [3.63, 3.8) is 0 Å². The number of methoxy groups -OCH3 is 1. The second-order valence-corrected chi connectivity index (χ2v) is 6.10. The number of carbonyl (C=O) groups is 1. The molecule has 6 heteroatoms. The summed E-state index contributed by atoms with van der Waals surface area (Å²) in [6, 6.07) is 10.5. The van der Waals surface area contributed by atoms with Gasteiger partial charge >= 0.3 is 0 Å². The topological polar surface area (TPSA) is 80.0 Å². The zero-order chi connectivity index (χ0) is 19.0. The molecular formula is C20H19NO5. The zero-order valence-electron chi connectivity index (χ0n) is 15.0. The number of rotatable bonds is 4. The van der Waals surface area contributed by atoms with E-state index in [1.807, 2.05) is 6.07 Å². The van der Waals surface area contributed by atoms with Gasteiger partial charge in [-0.1, -0.05) is 30.3 Å².